The lowest BCUT2D eigenvalue weighted by atomic mass is 9.89. The smallest absolute Gasteiger partial charge is 0.222 e. The van der Waals surface area contributed by atoms with Crippen LogP contribution >= 0.6 is 0 Å². The fraction of sp³-hybridized carbons (Fsp3) is 0.400. The van der Waals surface area contributed by atoms with Crippen LogP contribution in [0, 0.1) is 0 Å². The fourth-order valence-electron chi connectivity index (χ4n) is 3.64. The highest BCUT2D eigenvalue weighted by Crippen LogP contribution is 2.34. The van der Waals surface area contributed by atoms with E-state index in [1.54, 1.807) is 24.8 Å². The highest BCUT2D eigenvalue weighted by molar-refractivity contribution is 5.85. The molecule has 1 aromatic carbocycles. The Balaban J connectivity index is 1.31. The van der Waals surface area contributed by atoms with Crippen LogP contribution in [0.3, 0.4) is 0 Å². The number of nitrogens with zero attached hydrogens (tertiary/aromatic N) is 5. The summed E-state index contributed by atoms with van der Waals surface area (Å²) >= 11 is 0. The van der Waals surface area contributed by atoms with Gasteiger partial charge in [-0.1, -0.05) is 0 Å². The second-order valence-corrected chi connectivity index (χ2v) is 7.09. The van der Waals surface area contributed by atoms with Gasteiger partial charge < -0.3 is 19.7 Å². The third-order valence-electron chi connectivity index (χ3n) is 5.19. The third kappa shape index (κ3) is 3.55. The molecular weight excluding hydrogens is 356 g/mol. The summed E-state index contributed by atoms with van der Waals surface area (Å²) in [5.74, 6) is 1.46. The maximum atomic E-state index is 6.32. The lowest BCUT2D eigenvalue weighted by molar-refractivity contribution is 0.109. The first-order valence-electron chi connectivity index (χ1n) is 9.63. The molecule has 28 heavy (non-hydrogen) atoms. The minimum Gasteiger partial charge on any atom is -0.488 e. The van der Waals surface area contributed by atoms with E-state index >= 15 is 0 Å². The molecule has 1 saturated heterocycles. The molecule has 3 heterocycles. The molecule has 0 unspecified atom stereocenters. The topological polar surface area (TPSA) is 85.3 Å². The SMILES string of the molecule is c1cnc(NC2CC(Oc3cc(N4CCOCC4)cc4nccnc34)C2)nc1. The van der Waals surface area contributed by atoms with Gasteiger partial charge in [-0.3, -0.25) is 4.98 Å². The Hall–Kier alpha value is -3.00. The summed E-state index contributed by atoms with van der Waals surface area (Å²) in [6, 6.07) is 6.31. The Morgan fingerprint density at radius 3 is 2.57 bits per heavy atom. The molecule has 0 radical (unpaired) electrons. The van der Waals surface area contributed by atoms with Crippen LogP contribution < -0.4 is 15.0 Å². The van der Waals surface area contributed by atoms with Crippen LogP contribution in [0.1, 0.15) is 12.8 Å². The molecule has 8 nitrogen and oxygen atoms in total. The molecule has 0 amide bonds. The molecular formula is C20H22N6O2. The molecule has 2 aromatic heterocycles. The lowest BCUT2D eigenvalue weighted by Gasteiger charge is -2.36. The quantitative estimate of drug-likeness (QED) is 0.724. The van der Waals surface area contributed by atoms with Crippen LogP contribution in [-0.2, 0) is 4.74 Å². The molecule has 2 aliphatic rings. The standard InChI is InChI=1S/C20H22N6O2/c1-2-23-20(24-3-1)25-14-10-16(11-14)28-18-13-15(26-6-8-27-9-7-26)12-17-19(18)22-5-4-21-17/h1-5,12-14,16H,6-11H2,(H,23,24,25). The minimum absolute atomic E-state index is 0.145. The number of rotatable bonds is 5. The van der Waals surface area contributed by atoms with Crippen LogP contribution in [0.15, 0.2) is 43.0 Å². The van der Waals surface area contributed by atoms with Crippen molar-refractivity contribution in [3.63, 3.8) is 0 Å². The molecule has 1 N–H and O–H groups in total. The Morgan fingerprint density at radius 1 is 0.964 bits per heavy atom. The molecule has 144 valence electrons. The molecule has 1 saturated carbocycles. The van der Waals surface area contributed by atoms with Gasteiger partial charge >= 0.3 is 0 Å². The molecule has 3 aromatic rings. The summed E-state index contributed by atoms with van der Waals surface area (Å²) in [4.78, 5) is 19.7. The van der Waals surface area contributed by atoms with Crippen molar-refractivity contribution in [2.75, 3.05) is 36.5 Å². The second kappa shape index (κ2) is 7.55. The van der Waals surface area contributed by atoms with Crippen molar-refractivity contribution in [1.29, 1.82) is 0 Å². The predicted molar refractivity (Wildman–Crippen MR) is 106 cm³/mol. The number of fused-ring (bicyclic) bond motifs is 1. The summed E-state index contributed by atoms with van der Waals surface area (Å²) in [5.41, 5.74) is 2.77. The molecule has 1 aliphatic heterocycles. The Labute approximate surface area is 162 Å². The molecule has 1 aliphatic carbocycles. The zero-order chi connectivity index (χ0) is 18.8. The molecule has 0 spiro atoms. The van der Waals surface area contributed by atoms with Crippen LogP contribution in [-0.4, -0.2) is 58.4 Å². The van der Waals surface area contributed by atoms with E-state index < -0.39 is 0 Å². The fourth-order valence-corrected chi connectivity index (χ4v) is 3.64. The van der Waals surface area contributed by atoms with Crippen molar-refractivity contribution in [2.24, 2.45) is 0 Å². The van der Waals surface area contributed by atoms with E-state index in [0.717, 1.165) is 61.6 Å². The van der Waals surface area contributed by atoms with E-state index in [1.165, 1.54) is 0 Å². The molecule has 0 atom stereocenters. The van der Waals surface area contributed by atoms with Crippen LogP contribution in [0.5, 0.6) is 5.75 Å². The number of hydrogen-bond donors (Lipinski definition) is 1. The Kier molecular flexibility index (Phi) is 4.62. The minimum atomic E-state index is 0.145. The van der Waals surface area contributed by atoms with Gasteiger partial charge in [-0.05, 0) is 12.1 Å². The monoisotopic (exact) mass is 378 g/mol. The van der Waals surface area contributed by atoms with Crippen molar-refractivity contribution < 1.29 is 9.47 Å². The highest BCUT2D eigenvalue weighted by Gasteiger charge is 2.32. The number of nitrogens with one attached hydrogen (secondary N) is 1. The van der Waals surface area contributed by atoms with Gasteiger partial charge in [-0.15, -0.1) is 0 Å². The molecule has 5 rings (SSSR count). The first kappa shape index (κ1) is 17.1. The van der Waals surface area contributed by atoms with E-state index in [0.29, 0.717) is 12.0 Å². The van der Waals surface area contributed by atoms with Gasteiger partial charge in [0.15, 0.2) is 0 Å². The van der Waals surface area contributed by atoms with E-state index in [4.69, 9.17) is 9.47 Å². The molecule has 0 bridgehead atoms. The normalized spacial score (nSPS) is 21.9. The summed E-state index contributed by atoms with van der Waals surface area (Å²) in [6.07, 6.45) is 8.86. The van der Waals surface area contributed by atoms with Gasteiger partial charge in [0.05, 0.1) is 18.7 Å². The van der Waals surface area contributed by atoms with Crippen molar-refractivity contribution in [1.82, 2.24) is 19.9 Å². The third-order valence-corrected chi connectivity index (χ3v) is 5.19. The van der Waals surface area contributed by atoms with Crippen molar-refractivity contribution in [3.05, 3.63) is 43.0 Å². The van der Waals surface area contributed by atoms with Gasteiger partial charge in [0, 0.05) is 68.5 Å². The van der Waals surface area contributed by atoms with Gasteiger partial charge in [0.1, 0.15) is 17.4 Å². The lowest BCUT2D eigenvalue weighted by Crippen LogP contribution is -2.43. The summed E-state index contributed by atoms with van der Waals surface area (Å²) in [7, 11) is 0. The maximum absolute atomic E-state index is 6.32. The van der Waals surface area contributed by atoms with Crippen molar-refractivity contribution in [2.45, 2.75) is 25.0 Å². The summed E-state index contributed by atoms with van der Waals surface area (Å²) in [5, 5.41) is 3.34. The number of aromatic nitrogens is 4. The molecule has 8 heteroatoms. The average Bonchev–Trinajstić information content (AvgIpc) is 2.73. The summed E-state index contributed by atoms with van der Waals surface area (Å²) < 4.78 is 11.8. The Morgan fingerprint density at radius 2 is 1.75 bits per heavy atom. The van der Waals surface area contributed by atoms with Gasteiger partial charge in [-0.2, -0.15) is 0 Å². The number of morpholine rings is 1. The van der Waals surface area contributed by atoms with Crippen LogP contribution in [0.2, 0.25) is 0 Å². The van der Waals surface area contributed by atoms with E-state index in [1.807, 2.05) is 6.07 Å². The zero-order valence-corrected chi connectivity index (χ0v) is 15.5. The second-order valence-electron chi connectivity index (χ2n) is 7.09. The van der Waals surface area contributed by atoms with Gasteiger partial charge in [0.25, 0.3) is 0 Å². The first-order chi connectivity index (χ1) is 13.8. The van der Waals surface area contributed by atoms with Crippen LogP contribution in [0.4, 0.5) is 11.6 Å². The number of benzene rings is 1. The average molecular weight is 378 g/mol. The van der Waals surface area contributed by atoms with E-state index in [2.05, 4.69) is 42.3 Å². The Bertz CT molecular complexity index is 942. The van der Waals surface area contributed by atoms with E-state index in [9.17, 15) is 0 Å². The number of hydrogen-bond acceptors (Lipinski definition) is 8. The number of ether oxygens (including phenoxy) is 2. The van der Waals surface area contributed by atoms with Gasteiger partial charge in [-0.25, -0.2) is 15.0 Å². The van der Waals surface area contributed by atoms with Crippen LogP contribution in [0.25, 0.3) is 11.0 Å². The number of anilines is 2. The zero-order valence-electron chi connectivity index (χ0n) is 15.5. The first-order valence-corrected chi connectivity index (χ1v) is 9.63. The van der Waals surface area contributed by atoms with Crippen molar-refractivity contribution >= 4 is 22.7 Å². The molecule has 2 fully saturated rings. The van der Waals surface area contributed by atoms with Gasteiger partial charge in [0.2, 0.25) is 5.95 Å². The summed E-state index contributed by atoms with van der Waals surface area (Å²) in [6.45, 7) is 3.23. The highest BCUT2D eigenvalue weighted by atomic mass is 16.5. The maximum Gasteiger partial charge on any atom is 0.222 e. The van der Waals surface area contributed by atoms with E-state index in [-0.39, 0.29) is 6.10 Å². The largest absolute Gasteiger partial charge is 0.488 e. The van der Waals surface area contributed by atoms with Crippen molar-refractivity contribution in [3.8, 4) is 5.75 Å². The predicted octanol–water partition coefficient (Wildman–Crippen LogP) is 2.28.